The molecular formula is C12H12BrN3O. The second-order valence-electron chi connectivity index (χ2n) is 4.04. The van der Waals surface area contributed by atoms with Gasteiger partial charge in [-0.2, -0.15) is 5.10 Å². The zero-order valence-electron chi connectivity index (χ0n) is 9.15. The van der Waals surface area contributed by atoms with Crippen LogP contribution in [0.5, 0.6) is 5.75 Å². The Balaban J connectivity index is 2.16. The first-order chi connectivity index (χ1) is 8.27. The summed E-state index contributed by atoms with van der Waals surface area (Å²) in [5.41, 5.74) is 2.98. The number of para-hydroxylation sites is 2. The summed E-state index contributed by atoms with van der Waals surface area (Å²) < 4.78 is 2.70. The van der Waals surface area contributed by atoms with Crippen LogP contribution >= 0.6 is 15.9 Å². The topological polar surface area (TPSA) is 50.1 Å². The Kier molecular flexibility index (Phi) is 2.64. The largest absolute Gasteiger partial charge is 0.506 e. The number of rotatable bonds is 1. The summed E-state index contributed by atoms with van der Waals surface area (Å²) in [5, 5.41) is 17.7. The summed E-state index contributed by atoms with van der Waals surface area (Å²) in [5.74, 6) is 0.237. The fraction of sp³-hybridized carbons (Fsp3) is 0.250. The zero-order valence-corrected chi connectivity index (χ0v) is 10.7. The van der Waals surface area contributed by atoms with Gasteiger partial charge in [0.05, 0.1) is 5.69 Å². The molecule has 0 radical (unpaired) electrons. The highest BCUT2D eigenvalue weighted by Gasteiger charge is 2.20. The molecule has 17 heavy (non-hydrogen) atoms. The Hall–Kier alpha value is -1.33. The van der Waals surface area contributed by atoms with Crippen molar-refractivity contribution in [2.75, 3.05) is 6.54 Å². The molecule has 3 rings (SSSR count). The van der Waals surface area contributed by atoms with Gasteiger partial charge >= 0.3 is 0 Å². The summed E-state index contributed by atoms with van der Waals surface area (Å²) in [6.07, 6.45) is 0.962. The molecule has 1 aliphatic rings. The van der Waals surface area contributed by atoms with Gasteiger partial charge in [0, 0.05) is 12.1 Å². The SMILES string of the molecule is Oc1ccccc1-n1nc2c(c1Br)CCNC2. The molecule has 0 bridgehead atoms. The third kappa shape index (κ3) is 1.75. The summed E-state index contributed by atoms with van der Waals surface area (Å²) in [6.45, 7) is 1.76. The van der Waals surface area contributed by atoms with Crippen molar-refractivity contribution < 1.29 is 5.11 Å². The minimum absolute atomic E-state index is 0.237. The van der Waals surface area contributed by atoms with E-state index in [1.807, 2.05) is 12.1 Å². The molecule has 0 saturated heterocycles. The fourth-order valence-electron chi connectivity index (χ4n) is 2.08. The van der Waals surface area contributed by atoms with Crippen molar-refractivity contribution in [2.45, 2.75) is 13.0 Å². The van der Waals surface area contributed by atoms with Crippen LogP contribution in [0.15, 0.2) is 28.9 Å². The number of benzene rings is 1. The van der Waals surface area contributed by atoms with Crippen LogP contribution in [-0.2, 0) is 13.0 Å². The maximum absolute atomic E-state index is 9.85. The highest BCUT2D eigenvalue weighted by atomic mass is 79.9. The maximum atomic E-state index is 9.85. The Labute approximate surface area is 107 Å². The van der Waals surface area contributed by atoms with E-state index in [0.717, 1.165) is 29.8 Å². The number of hydrogen-bond donors (Lipinski definition) is 2. The quantitative estimate of drug-likeness (QED) is 0.845. The molecule has 0 spiro atoms. The van der Waals surface area contributed by atoms with Crippen LogP contribution in [0.1, 0.15) is 11.3 Å². The lowest BCUT2D eigenvalue weighted by Gasteiger charge is -2.10. The van der Waals surface area contributed by atoms with Crippen LogP contribution in [0.3, 0.4) is 0 Å². The van der Waals surface area contributed by atoms with Crippen molar-refractivity contribution >= 4 is 15.9 Å². The van der Waals surface area contributed by atoms with Gasteiger partial charge in [-0.25, -0.2) is 4.68 Å². The molecule has 0 saturated carbocycles. The van der Waals surface area contributed by atoms with E-state index in [-0.39, 0.29) is 5.75 Å². The second-order valence-corrected chi connectivity index (χ2v) is 4.79. The van der Waals surface area contributed by atoms with Gasteiger partial charge in [-0.05, 0) is 41.0 Å². The molecule has 1 aromatic heterocycles. The lowest BCUT2D eigenvalue weighted by Crippen LogP contribution is -2.23. The molecule has 1 aliphatic heterocycles. The summed E-state index contributed by atoms with van der Waals surface area (Å²) in [4.78, 5) is 0. The number of hydrogen-bond acceptors (Lipinski definition) is 3. The smallest absolute Gasteiger partial charge is 0.141 e. The van der Waals surface area contributed by atoms with Crippen molar-refractivity contribution in [3.63, 3.8) is 0 Å². The number of halogens is 1. The lowest BCUT2D eigenvalue weighted by molar-refractivity contribution is 0.470. The van der Waals surface area contributed by atoms with Crippen LogP contribution in [0.25, 0.3) is 5.69 Å². The van der Waals surface area contributed by atoms with Crippen molar-refractivity contribution in [1.82, 2.24) is 15.1 Å². The molecule has 2 aromatic rings. The summed E-state index contributed by atoms with van der Waals surface area (Å²) in [7, 11) is 0. The molecule has 2 heterocycles. The highest BCUT2D eigenvalue weighted by molar-refractivity contribution is 9.10. The van der Waals surface area contributed by atoms with Crippen molar-refractivity contribution in [2.24, 2.45) is 0 Å². The molecule has 5 heteroatoms. The number of phenolic OH excluding ortho intramolecular Hbond substituents is 1. The van der Waals surface area contributed by atoms with Crippen LogP contribution in [0.2, 0.25) is 0 Å². The van der Waals surface area contributed by atoms with Gasteiger partial charge in [0.15, 0.2) is 0 Å². The van der Waals surface area contributed by atoms with Gasteiger partial charge in [0.1, 0.15) is 16.0 Å². The monoisotopic (exact) mass is 293 g/mol. The Morgan fingerprint density at radius 1 is 1.35 bits per heavy atom. The van der Waals surface area contributed by atoms with Gasteiger partial charge in [-0.3, -0.25) is 0 Å². The van der Waals surface area contributed by atoms with Crippen LogP contribution in [0, 0.1) is 0 Å². The van der Waals surface area contributed by atoms with E-state index in [1.165, 1.54) is 5.56 Å². The van der Waals surface area contributed by atoms with Gasteiger partial charge in [0.25, 0.3) is 0 Å². The number of nitrogens with one attached hydrogen (secondary N) is 1. The molecule has 1 aromatic carbocycles. The average molecular weight is 294 g/mol. The molecular weight excluding hydrogens is 282 g/mol. The summed E-state index contributed by atoms with van der Waals surface area (Å²) in [6, 6.07) is 7.21. The Morgan fingerprint density at radius 3 is 2.94 bits per heavy atom. The number of fused-ring (bicyclic) bond motifs is 1. The first-order valence-electron chi connectivity index (χ1n) is 5.52. The molecule has 0 unspecified atom stereocenters. The fourth-order valence-corrected chi connectivity index (χ4v) is 2.78. The van der Waals surface area contributed by atoms with Crippen molar-refractivity contribution in [3.05, 3.63) is 40.1 Å². The first kappa shape index (κ1) is 10.8. The standard InChI is InChI=1S/C12H12BrN3O/c13-12-8-5-6-14-7-9(8)15-16(12)10-3-1-2-4-11(10)17/h1-4,14,17H,5-7H2. The van der Waals surface area contributed by atoms with E-state index in [9.17, 15) is 5.11 Å². The predicted octanol–water partition coefficient (Wildman–Crippen LogP) is 1.99. The van der Waals surface area contributed by atoms with Gasteiger partial charge in [0.2, 0.25) is 0 Å². The molecule has 4 nitrogen and oxygen atoms in total. The van der Waals surface area contributed by atoms with Crippen molar-refractivity contribution in [1.29, 1.82) is 0 Å². The number of phenols is 1. The van der Waals surface area contributed by atoms with E-state index < -0.39 is 0 Å². The third-order valence-electron chi connectivity index (χ3n) is 2.96. The number of aromatic nitrogens is 2. The highest BCUT2D eigenvalue weighted by Crippen LogP contribution is 2.29. The number of nitrogens with zero attached hydrogens (tertiary/aromatic N) is 2. The Bertz CT molecular complexity index is 565. The second kappa shape index (κ2) is 4.16. The summed E-state index contributed by atoms with van der Waals surface area (Å²) >= 11 is 3.57. The molecule has 0 aliphatic carbocycles. The zero-order chi connectivity index (χ0) is 11.8. The minimum Gasteiger partial charge on any atom is -0.506 e. The van der Waals surface area contributed by atoms with E-state index in [4.69, 9.17) is 0 Å². The van der Waals surface area contributed by atoms with Crippen LogP contribution in [0.4, 0.5) is 0 Å². The van der Waals surface area contributed by atoms with Gasteiger partial charge in [-0.1, -0.05) is 12.1 Å². The van der Waals surface area contributed by atoms with Gasteiger partial charge < -0.3 is 10.4 Å². The number of aromatic hydroxyl groups is 1. The van der Waals surface area contributed by atoms with Crippen LogP contribution in [-0.4, -0.2) is 21.4 Å². The molecule has 0 amide bonds. The predicted molar refractivity (Wildman–Crippen MR) is 68.3 cm³/mol. The maximum Gasteiger partial charge on any atom is 0.141 e. The Morgan fingerprint density at radius 2 is 2.18 bits per heavy atom. The van der Waals surface area contributed by atoms with Crippen molar-refractivity contribution in [3.8, 4) is 11.4 Å². The molecule has 0 fully saturated rings. The van der Waals surface area contributed by atoms with Gasteiger partial charge in [-0.15, -0.1) is 0 Å². The van der Waals surface area contributed by atoms with E-state index in [0.29, 0.717) is 5.69 Å². The third-order valence-corrected chi connectivity index (χ3v) is 3.77. The molecule has 88 valence electrons. The molecule has 0 atom stereocenters. The first-order valence-corrected chi connectivity index (χ1v) is 6.32. The minimum atomic E-state index is 0.237. The average Bonchev–Trinajstić information content (AvgIpc) is 2.68. The van der Waals surface area contributed by atoms with E-state index in [1.54, 1.807) is 16.8 Å². The van der Waals surface area contributed by atoms with Crippen LogP contribution < -0.4 is 5.32 Å². The van der Waals surface area contributed by atoms with E-state index in [2.05, 4.69) is 26.3 Å². The van der Waals surface area contributed by atoms with E-state index >= 15 is 0 Å². The lowest BCUT2D eigenvalue weighted by atomic mass is 10.1. The normalized spacial score (nSPS) is 14.6. The molecule has 2 N–H and O–H groups in total.